The van der Waals surface area contributed by atoms with E-state index in [1.165, 1.54) is 0 Å². The summed E-state index contributed by atoms with van der Waals surface area (Å²) in [6.07, 6.45) is 1.85. The number of hydrogen-bond acceptors (Lipinski definition) is 4. The van der Waals surface area contributed by atoms with Crippen molar-refractivity contribution in [3.63, 3.8) is 0 Å². The monoisotopic (exact) mass is 196 g/mol. The van der Waals surface area contributed by atoms with Gasteiger partial charge in [0.05, 0.1) is 12.0 Å². The van der Waals surface area contributed by atoms with E-state index in [9.17, 15) is 9.59 Å². The van der Waals surface area contributed by atoms with Gasteiger partial charge in [0.15, 0.2) is 5.78 Å². The summed E-state index contributed by atoms with van der Waals surface area (Å²) >= 11 is 0. The molecular formula is C10H12O4. The fraction of sp³-hybridized carbons (Fsp3) is 0.600. The highest BCUT2D eigenvalue weighted by molar-refractivity contribution is 6.11. The van der Waals surface area contributed by atoms with Crippen molar-refractivity contribution >= 4 is 11.8 Å². The van der Waals surface area contributed by atoms with Gasteiger partial charge in [-0.25, -0.2) is 4.79 Å². The first-order valence-corrected chi connectivity index (χ1v) is 4.55. The Balaban J connectivity index is 2.53. The zero-order chi connectivity index (χ0) is 10.4. The van der Waals surface area contributed by atoms with Gasteiger partial charge in [0, 0.05) is 6.42 Å². The van der Waals surface area contributed by atoms with Crippen LogP contribution in [-0.2, 0) is 19.1 Å². The fourth-order valence-electron chi connectivity index (χ4n) is 2.06. The molecule has 0 bridgehead atoms. The number of ketones is 1. The average molecular weight is 196 g/mol. The number of cyclic esters (lactones) is 1. The van der Waals surface area contributed by atoms with Crippen LogP contribution in [0.4, 0.5) is 0 Å². The van der Waals surface area contributed by atoms with Crippen LogP contribution in [0.5, 0.6) is 0 Å². The minimum absolute atomic E-state index is 0.168. The Morgan fingerprint density at radius 1 is 1.50 bits per heavy atom. The van der Waals surface area contributed by atoms with Crippen LogP contribution in [0.1, 0.15) is 13.3 Å². The minimum Gasteiger partial charge on any atom is -0.462 e. The third-order valence-corrected chi connectivity index (χ3v) is 3.09. The van der Waals surface area contributed by atoms with Gasteiger partial charge in [0.2, 0.25) is 5.60 Å². The number of hydrogen-bond donors (Lipinski definition) is 0. The maximum atomic E-state index is 11.7. The molecule has 0 N–H and O–H groups in total. The molecular weight excluding hydrogens is 184 g/mol. The van der Waals surface area contributed by atoms with Gasteiger partial charge in [-0.3, -0.25) is 4.79 Å². The molecule has 2 rings (SSSR count). The quantitative estimate of drug-likeness (QED) is 0.347. The Labute approximate surface area is 81.9 Å². The standard InChI is InChI=1S/C10H12O4/c1-3-9(2)6-13-8(12)10(9)7(11)4-5-14-10/h3H,1,4-6H2,2H3/t9-,10+/m0/s1. The number of esters is 1. The Bertz CT molecular complexity index is 312. The number of carbonyl (C=O) groups is 2. The molecule has 0 aromatic heterocycles. The Morgan fingerprint density at radius 2 is 2.21 bits per heavy atom. The van der Waals surface area contributed by atoms with E-state index in [2.05, 4.69) is 6.58 Å². The zero-order valence-electron chi connectivity index (χ0n) is 8.04. The van der Waals surface area contributed by atoms with Crippen LogP contribution in [0, 0.1) is 5.41 Å². The van der Waals surface area contributed by atoms with Crippen molar-refractivity contribution in [1.29, 1.82) is 0 Å². The highest BCUT2D eigenvalue weighted by Crippen LogP contribution is 2.46. The van der Waals surface area contributed by atoms with Crippen LogP contribution in [0.15, 0.2) is 12.7 Å². The molecule has 2 fully saturated rings. The molecule has 0 aliphatic carbocycles. The van der Waals surface area contributed by atoms with Gasteiger partial charge in [0.1, 0.15) is 6.61 Å². The van der Waals surface area contributed by atoms with Crippen molar-refractivity contribution in [1.82, 2.24) is 0 Å². The highest BCUT2D eigenvalue weighted by atomic mass is 16.6. The van der Waals surface area contributed by atoms with Crippen LogP contribution < -0.4 is 0 Å². The van der Waals surface area contributed by atoms with Crippen LogP contribution in [-0.4, -0.2) is 30.6 Å². The van der Waals surface area contributed by atoms with Crippen LogP contribution >= 0.6 is 0 Å². The largest absolute Gasteiger partial charge is 0.462 e. The third-order valence-electron chi connectivity index (χ3n) is 3.09. The van der Waals surface area contributed by atoms with Crippen molar-refractivity contribution in [3.05, 3.63) is 12.7 Å². The molecule has 1 spiro atoms. The van der Waals surface area contributed by atoms with Crippen molar-refractivity contribution < 1.29 is 19.1 Å². The van der Waals surface area contributed by atoms with E-state index in [0.717, 1.165) is 0 Å². The third kappa shape index (κ3) is 0.817. The molecule has 2 aliphatic rings. The smallest absolute Gasteiger partial charge is 0.347 e. The Morgan fingerprint density at radius 3 is 2.71 bits per heavy atom. The maximum absolute atomic E-state index is 11.7. The molecule has 76 valence electrons. The van der Waals surface area contributed by atoms with Gasteiger partial charge in [-0.15, -0.1) is 6.58 Å². The van der Waals surface area contributed by atoms with Gasteiger partial charge in [0.25, 0.3) is 0 Å². The molecule has 0 aromatic carbocycles. The van der Waals surface area contributed by atoms with Gasteiger partial charge in [-0.05, 0) is 6.92 Å². The second kappa shape index (κ2) is 2.67. The van der Waals surface area contributed by atoms with Gasteiger partial charge in [-0.2, -0.15) is 0 Å². The van der Waals surface area contributed by atoms with E-state index >= 15 is 0 Å². The van der Waals surface area contributed by atoms with Crippen molar-refractivity contribution in [3.8, 4) is 0 Å². The van der Waals surface area contributed by atoms with Crippen molar-refractivity contribution in [2.24, 2.45) is 5.41 Å². The first kappa shape index (κ1) is 9.40. The van der Waals surface area contributed by atoms with Gasteiger partial charge in [-0.1, -0.05) is 6.08 Å². The summed E-state index contributed by atoms with van der Waals surface area (Å²) in [5.74, 6) is -0.759. The van der Waals surface area contributed by atoms with Crippen LogP contribution in [0.3, 0.4) is 0 Å². The van der Waals surface area contributed by atoms with E-state index < -0.39 is 17.0 Å². The van der Waals surface area contributed by atoms with E-state index in [1.54, 1.807) is 13.0 Å². The molecule has 0 unspecified atom stereocenters. The summed E-state index contributed by atoms with van der Waals surface area (Å²) < 4.78 is 10.2. The van der Waals surface area contributed by atoms with E-state index in [-0.39, 0.29) is 25.4 Å². The van der Waals surface area contributed by atoms with Gasteiger partial charge >= 0.3 is 5.97 Å². The van der Waals surface area contributed by atoms with Crippen molar-refractivity contribution in [2.45, 2.75) is 18.9 Å². The zero-order valence-corrected chi connectivity index (χ0v) is 8.04. The van der Waals surface area contributed by atoms with Crippen molar-refractivity contribution in [2.75, 3.05) is 13.2 Å². The number of Topliss-reactive ketones (excluding diaryl/α,β-unsaturated/α-hetero) is 1. The topological polar surface area (TPSA) is 52.6 Å². The summed E-state index contributed by atoms with van der Waals surface area (Å²) in [6, 6.07) is 0. The lowest BCUT2D eigenvalue weighted by Gasteiger charge is -2.30. The number of carbonyl (C=O) groups excluding carboxylic acids is 2. The molecule has 0 amide bonds. The summed E-state index contributed by atoms with van der Waals surface area (Å²) in [6.45, 7) is 5.85. The molecule has 2 atom stereocenters. The highest BCUT2D eigenvalue weighted by Gasteiger charge is 2.66. The second-order valence-corrected chi connectivity index (χ2v) is 3.90. The lowest BCUT2D eigenvalue weighted by Crippen LogP contribution is -2.52. The van der Waals surface area contributed by atoms with Crippen LogP contribution in [0.2, 0.25) is 0 Å². The average Bonchev–Trinajstić information content (AvgIpc) is 2.67. The lowest BCUT2D eigenvalue weighted by molar-refractivity contribution is -0.161. The molecule has 0 saturated carbocycles. The molecule has 2 saturated heterocycles. The number of ether oxygens (including phenoxy) is 2. The molecule has 0 radical (unpaired) electrons. The van der Waals surface area contributed by atoms with Crippen LogP contribution in [0.25, 0.3) is 0 Å². The molecule has 2 heterocycles. The SMILES string of the molecule is C=C[C@@]1(C)COC(=O)[C@@]12OCCC2=O. The first-order valence-electron chi connectivity index (χ1n) is 4.55. The summed E-state index contributed by atoms with van der Waals surface area (Å²) in [4.78, 5) is 23.3. The molecule has 4 nitrogen and oxygen atoms in total. The predicted octanol–water partition coefficient (Wildman–Crippen LogP) is 0.464. The lowest BCUT2D eigenvalue weighted by atomic mass is 9.73. The maximum Gasteiger partial charge on any atom is 0.347 e. The second-order valence-electron chi connectivity index (χ2n) is 3.90. The normalized spacial score (nSPS) is 41.8. The first-order chi connectivity index (χ1) is 6.57. The summed E-state index contributed by atoms with van der Waals surface area (Å²) in [5.41, 5.74) is -2.13. The predicted molar refractivity (Wildman–Crippen MR) is 47.6 cm³/mol. The minimum atomic E-state index is -1.41. The number of rotatable bonds is 1. The Hall–Kier alpha value is -1.16. The molecule has 0 aromatic rings. The summed E-state index contributed by atoms with van der Waals surface area (Å²) in [7, 11) is 0. The van der Waals surface area contributed by atoms with Gasteiger partial charge < -0.3 is 9.47 Å². The molecule has 14 heavy (non-hydrogen) atoms. The van der Waals surface area contributed by atoms with E-state index in [4.69, 9.17) is 9.47 Å². The molecule has 2 aliphatic heterocycles. The van der Waals surface area contributed by atoms with E-state index in [1.807, 2.05) is 0 Å². The fourth-order valence-corrected chi connectivity index (χ4v) is 2.06. The van der Waals surface area contributed by atoms with E-state index in [0.29, 0.717) is 0 Å². The molecule has 4 heteroatoms. The Kier molecular flexibility index (Phi) is 1.79. The summed E-state index contributed by atoms with van der Waals surface area (Å²) in [5, 5.41) is 0.